The van der Waals surface area contributed by atoms with E-state index in [2.05, 4.69) is 20.8 Å². The molecule has 0 heterocycles. The van der Waals surface area contributed by atoms with Gasteiger partial charge in [-0.2, -0.15) is 0 Å². The molecule has 1 aliphatic carbocycles. The van der Waals surface area contributed by atoms with E-state index in [-0.39, 0.29) is 16.7 Å². The van der Waals surface area contributed by atoms with Crippen LogP contribution in [-0.2, 0) is 10.8 Å². The first-order valence-corrected chi connectivity index (χ1v) is 7.50. The Hall–Kier alpha value is 0.110. The fraction of sp³-hybridized carbons (Fsp3) is 1.00. The van der Waals surface area contributed by atoms with Crippen molar-refractivity contribution >= 4 is 10.8 Å². The van der Waals surface area contributed by atoms with Crippen LogP contribution in [0.1, 0.15) is 52.9 Å². The lowest BCUT2D eigenvalue weighted by atomic mass is 9.73. The van der Waals surface area contributed by atoms with Gasteiger partial charge in [0.2, 0.25) is 0 Å². The molecule has 1 fully saturated rings. The molecule has 0 saturated heterocycles. The van der Waals surface area contributed by atoms with Crippen molar-refractivity contribution in [3.8, 4) is 0 Å². The molecule has 0 aromatic rings. The summed E-state index contributed by atoms with van der Waals surface area (Å²) in [6.07, 6.45) is 5.60. The van der Waals surface area contributed by atoms with Crippen LogP contribution < -0.4 is 5.73 Å². The third-order valence-electron chi connectivity index (χ3n) is 3.65. The molecule has 0 amide bonds. The Kier molecular flexibility index (Phi) is 4.78. The highest BCUT2D eigenvalue weighted by molar-refractivity contribution is 7.85. The van der Waals surface area contributed by atoms with E-state index in [4.69, 9.17) is 5.73 Å². The van der Waals surface area contributed by atoms with E-state index in [1.807, 2.05) is 0 Å². The van der Waals surface area contributed by atoms with Gasteiger partial charge < -0.3 is 5.73 Å². The molecule has 90 valence electrons. The summed E-state index contributed by atoms with van der Waals surface area (Å²) >= 11 is 0. The van der Waals surface area contributed by atoms with Gasteiger partial charge in [-0.3, -0.25) is 4.21 Å². The van der Waals surface area contributed by atoms with E-state index >= 15 is 0 Å². The molecule has 0 aromatic heterocycles. The van der Waals surface area contributed by atoms with Crippen molar-refractivity contribution in [1.82, 2.24) is 0 Å². The molecule has 3 heteroatoms. The van der Waals surface area contributed by atoms with E-state index in [9.17, 15) is 4.21 Å². The van der Waals surface area contributed by atoms with Gasteiger partial charge in [0.1, 0.15) is 0 Å². The highest BCUT2D eigenvalue weighted by atomic mass is 32.2. The van der Waals surface area contributed by atoms with Crippen LogP contribution in [-0.4, -0.2) is 21.3 Å². The first kappa shape index (κ1) is 13.2. The van der Waals surface area contributed by atoms with Crippen LogP contribution in [0.15, 0.2) is 0 Å². The van der Waals surface area contributed by atoms with E-state index in [0.29, 0.717) is 0 Å². The zero-order valence-electron chi connectivity index (χ0n) is 10.3. The lowest BCUT2D eigenvalue weighted by Gasteiger charge is -2.41. The minimum absolute atomic E-state index is 0.115. The average Bonchev–Trinajstić information content (AvgIpc) is 2.18. The Bertz CT molecular complexity index is 228. The molecule has 0 aliphatic heterocycles. The molecule has 0 aromatic carbocycles. The van der Waals surface area contributed by atoms with Crippen molar-refractivity contribution < 1.29 is 4.21 Å². The van der Waals surface area contributed by atoms with Gasteiger partial charge in [-0.1, -0.05) is 33.6 Å². The van der Waals surface area contributed by atoms with Gasteiger partial charge in [0.15, 0.2) is 0 Å². The van der Waals surface area contributed by atoms with Crippen LogP contribution in [0.2, 0.25) is 0 Å². The first-order chi connectivity index (χ1) is 6.99. The molecule has 0 radical (unpaired) electrons. The van der Waals surface area contributed by atoms with E-state index < -0.39 is 10.8 Å². The Morgan fingerprint density at radius 1 is 1.47 bits per heavy atom. The SMILES string of the molecule is CCCCS(=O)C1CCCC(C)(C)C1N. The van der Waals surface area contributed by atoms with E-state index in [1.54, 1.807) is 0 Å². The first-order valence-electron chi connectivity index (χ1n) is 6.12. The standard InChI is InChI=1S/C12H25NOS/c1-4-5-9-15(14)10-7-6-8-12(2,3)11(10)13/h10-11H,4-9,13H2,1-3H3. The van der Waals surface area contributed by atoms with Gasteiger partial charge in [-0.25, -0.2) is 0 Å². The molecule has 2 nitrogen and oxygen atoms in total. The molecule has 0 bridgehead atoms. The van der Waals surface area contributed by atoms with Crippen LogP contribution in [0.25, 0.3) is 0 Å². The Balaban J connectivity index is 2.57. The van der Waals surface area contributed by atoms with Gasteiger partial charge in [0.05, 0.1) is 5.25 Å². The molecule has 1 saturated carbocycles. The summed E-state index contributed by atoms with van der Waals surface area (Å²) in [6.45, 7) is 6.56. The van der Waals surface area contributed by atoms with Crippen molar-refractivity contribution in [2.24, 2.45) is 11.1 Å². The maximum Gasteiger partial charge on any atom is 0.0504 e. The quantitative estimate of drug-likeness (QED) is 0.807. The summed E-state index contributed by atoms with van der Waals surface area (Å²) in [5.41, 5.74) is 6.41. The topological polar surface area (TPSA) is 43.1 Å². The molecular weight excluding hydrogens is 206 g/mol. The van der Waals surface area contributed by atoms with Crippen LogP contribution in [0, 0.1) is 5.41 Å². The van der Waals surface area contributed by atoms with Crippen molar-refractivity contribution in [2.75, 3.05) is 5.75 Å². The third kappa shape index (κ3) is 3.28. The summed E-state index contributed by atoms with van der Waals surface area (Å²) in [4.78, 5) is 0. The molecule has 2 N–H and O–H groups in total. The average molecular weight is 231 g/mol. The molecule has 1 aliphatic rings. The number of unbranched alkanes of at least 4 members (excludes halogenated alkanes) is 1. The Morgan fingerprint density at radius 2 is 2.13 bits per heavy atom. The van der Waals surface area contributed by atoms with Crippen molar-refractivity contribution in [2.45, 2.75) is 64.2 Å². The zero-order valence-corrected chi connectivity index (χ0v) is 11.1. The van der Waals surface area contributed by atoms with E-state index in [1.165, 1.54) is 12.8 Å². The molecule has 0 spiro atoms. The highest BCUT2D eigenvalue weighted by Crippen LogP contribution is 2.36. The summed E-state index contributed by atoms with van der Waals surface area (Å²) in [6, 6.07) is 0.115. The molecule has 15 heavy (non-hydrogen) atoms. The fourth-order valence-corrected chi connectivity index (χ4v) is 4.34. The third-order valence-corrected chi connectivity index (χ3v) is 5.54. The lowest BCUT2D eigenvalue weighted by molar-refractivity contribution is 0.206. The number of hydrogen-bond acceptors (Lipinski definition) is 2. The smallest absolute Gasteiger partial charge is 0.0504 e. The number of hydrogen-bond donors (Lipinski definition) is 1. The maximum atomic E-state index is 12.1. The molecule has 1 rings (SSSR count). The van der Waals surface area contributed by atoms with Crippen molar-refractivity contribution in [3.05, 3.63) is 0 Å². The zero-order chi connectivity index (χ0) is 11.5. The largest absolute Gasteiger partial charge is 0.326 e. The van der Waals surface area contributed by atoms with Gasteiger partial charge in [-0.15, -0.1) is 0 Å². The summed E-state index contributed by atoms with van der Waals surface area (Å²) in [7, 11) is -0.708. The normalized spacial score (nSPS) is 32.5. The van der Waals surface area contributed by atoms with E-state index in [0.717, 1.165) is 25.0 Å². The Morgan fingerprint density at radius 3 is 2.73 bits per heavy atom. The van der Waals surface area contributed by atoms with Crippen LogP contribution in [0.4, 0.5) is 0 Å². The second-order valence-corrected chi connectivity index (χ2v) is 7.16. The summed E-state index contributed by atoms with van der Waals surface area (Å²) in [5.74, 6) is 0.838. The van der Waals surface area contributed by atoms with Crippen LogP contribution >= 0.6 is 0 Å². The van der Waals surface area contributed by atoms with Crippen LogP contribution in [0.3, 0.4) is 0 Å². The second-order valence-electron chi connectivity index (χ2n) is 5.38. The Labute approximate surface area is 96.5 Å². The number of nitrogens with two attached hydrogens (primary N) is 1. The minimum atomic E-state index is -0.708. The van der Waals surface area contributed by atoms with Crippen LogP contribution in [0.5, 0.6) is 0 Å². The highest BCUT2D eigenvalue weighted by Gasteiger charge is 2.38. The minimum Gasteiger partial charge on any atom is -0.326 e. The molecule has 3 atom stereocenters. The van der Waals surface area contributed by atoms with Gasteiger partial charge in [-0.05, 0) is 24.7 Å². The fourth-order valence-electron chi connectivity index (χ4n) is 2.34. The van der Waals surface area contributed by atoms with Crippen molar-refractivity contribution in [1.29, 1.82) is 0 Å². The molecular formula is C12H25NOS. The predicted octanol–water partition coefficient (Wildman–Crippen LogP) is 2.44. The van der Waals surface area contributed by atoms with Crippen molar-refractivity contribution in [3.63, 3.8) is 0 Å². The lowest BCUT2D eigenvalue weighted by Crippen LogP contribution is -2.51. The van der Waals surface area contributed by atoms with Gasteiger partial charge in [0.25, 0.3) is 0 Å². The predicted molar refractivity (Wildman–Crippen MR) is 67.3 cm³/mol. The monoisotopic (exact) mass is 231 g/mol. The molecule has 3 unspecified atom stereocenters. The summed E-state index contributed by atoms with van der Waals surface area (Å²) < 4.78 is 12.1. The number of rotatable bonds is 4. The summed E-state index contributed by atoms with van der Waals surface area (Å²) in [5, 5.41) is 0.236. The second kappa shape index (κ2) is 5.44. The van der Waals surface area contributed by atoms with Gasteiger partial charge in [0, 0.05) is 22.6 Å². The maximum absolute atomic E-state index is 12.1. The van der Waals surface area contributed by atoms with Gasteiger partial charge >= 0.3 is 0 Å².